The van der Waals surface area contributed by atoms with Gasteiger partial charge in [-0.15, -0.1) is 0 Å². The van der Waals surface area contributed by atoms with Crippen molar-refractivity contribution in [1.82, 2.24) is 10.6 Å². The lowest BCUT2D eigenvalue weighted by Crippen LogP contribution is -2.44. The Morgan fingerprint density at radius 1 is 1.06 bits per heavy atom. The summed E-state index contributed by atoms with van der Waals surface area (Å²) in [6.45, 7) is 3.41. The summed E-state index contributed by atoms with van der Waals surface area (Å²) in [6, 6.07) is 0.351. The lowest BCUT2D eigenvalue weighted by Gasteiger charge is -2.27. The van der Waals surface area contributed by atoms with E-state index < -0.39 is 0 Å². The third kappa shape index (κ3) is 3.72. The fourth-order valence-corrected chi connectivity index (χ4v) is 2.94. The van der Waals surface area contributed by atoms with Crippen molar-refractivity contribution in [3.63, 3.8) is 0 Å². The highest BCUT2D eigenvalue weighted by atomic mass is 16.3. The van der Waals surface area contributed by atoms with Crippen LogP contribution in [0.25, 0.3) is 0 Å². The highest BCUT2D eigenvalue weighted by Crippen LogP contribution is 2.18. The average Bonchev–Trinajstić information content (AvgIpc) is 2.53. The first-order valence-corrected chi connectivity index (χ1v) is 6.98. The highest BCUT2D eigenvalue weighted by molar-refractivity contribution is 4.81. The zero-order valence-electron chi connectivity index (χ0n) is 10.3. The molecule has 1 saturated carbocycles. The van der Waals surface area contributed by atoms with E-state index in [0.29, 0.717) is 6.04 Å². The Kier molecular flexibility index (Phi) is 5.07. The number of piperidine rings is 1. The maximum atomic E-state index is 10.0. The molecular formula is C13H26N2O. The van der Waals surface area contributed by atoms with Crippen LogP contribution >= 0.6 is 0 Å². The quantitative estimate of drug-likeness (QED) is 0.635. The number of hydrogen-bond donors (Lipinski definition) is 3. The fourth-order valence-electron chi connectivity index (χ4n) is 2.94. The Morgan fingerprint density at radius 2 is 1.94 bits per heavy atom. The number of hydrogen-bond acceptors (Lipinski definition) is 3. The smallest absolute Gasteiger partial charge is 0.0693 e. The van der Waals surface area contributed by atoms with Crippen LogP contribution in [0.1, 0.15) is 44.9 Å². The van der Waals surface area contributed by atoms with Gasteiger partial charge in [0, 0.05) is 6.04 Å². The molecule has 3 heteroatoms. The number of aliphatic hydroxyl groups is 1. The van der Waals surface area contributed by atoms with E-state index in [1.165, 1.54) is 38.6 Å². The van der Waals surface area contributed by atoms with Crippen LogP contribution in [-0.2, 0) is 0 Å². The maximum absolute atomic E-state index is 10.0. The molecule has 2 aliphatic rings. The molecule has 0 aromatic carbocycles. The predicted molar refractivity (Wildman–Crippen MR) is 66.5 cm³/mol. The molecule has 3 unspecified atom stereocenters. The van der Waals surface area contributed by atoms with Crippen molar-refractivity contribution in [1.29, 1.82) is 0 Å². The minimum atomic E-state index is -0.112. The maximum Gasteiger partial charge on any atom is 0.0693 e. The number of aliphatic hydroxyl groups excluding tert-OH is 1. The van der Waals surface area contributed by atoms with Gasteiger partial charge < -0.3 is 15.7 Å². The monoisotopic (exact) mass is 226 g/mol. The van der Waals surface area contributed by atoms with Crippen molar-refractivity contribution in [2.75, 3.05) is 19.6 Å². The summed E-state index contributed by atoms with van der Waals surface area (Å²) >= 11 is 0. The van der Waals surface area contributed by atoms with Crippen molar-refractivity contribution in [2.45, 2.75) is 57.1 Å². The van der Waals surface area contributed by atoms with Crippen LogP contribution in [0.5, 0.6) is 0 Å². The van der Waals surface area contributed by atoms with E-state index in [9.17, 15) is 5.11 Å². The molecule has 0 aromatic rings. The number of nitrogens with one attached hydrogen (secondary N) is 2. The molecule has 3 atom stereocenters. The Morgan fingerprint density at radius 3 is 2.75 bits per heavy atom. The van der Waals surface area contributed by atoms with Crippen LogP contribution in [0.3, 0.4) is 0 Å². The molecule has 1 saturated heterocycles. The first kappa shape index (κ1) is 12.3. The van der Waals surface area contributed by atoms with E-state index in [2.05, 4.69) is 10.6 Å². The second-order valence-electron chi connectivity index (χ2n) is 5.43. The molecule has 0 spiro atoms. The summed E-state index contributed by atoms with van der Waals surface area (Å²) in [6.07, 6.45) is 8.44. The van der Waals surface area contributed by atoms with Gasteiger partial charge in [0.15, 0.2) is 0 Å². The summed E-state index contributed by atoms with van der Waals surface area (Å²) in [5, 5.41) is 17.0. The molecule has 2 rings (SSSR count). The summed E-state index contributed by atoms with van der Waals surface area (Å²) in [7, 11) is 0. The van der Waals surface area contributed by atoms with E-state index in [0.717, 1.165) is 31.8 Å². The van der Waals surface area contributed by atoms with E-state index in [1.54, 1.807) is 0 Å². The summed E-state index contributed by atoms with van der Waals surface area (Å²) in [5.41, 5.74) is 0. The summed E-state index contributed by atoms with van der Waals surface area (Å²) in [4.78, 5) is 0. The first-order chi connectivity index (χ1) is 7.86. The van der Waals surface area contributed by atoms with E-state index in [4.69, 9.17) is 0 Å². The molecule has 0 radical (unpaired) electrons. The van der Waals surface area contributed by atoms with Gasteiger partial charge in [-0.25, -0.2) is 0 Å². The van der Waals surface area contributed by atoms with E-state index in [-0.39, 0.29) is 6.10 Å². The fraction of sp³-hybridized carbons (Fsp3) is 1.00. The van der Waals surface area contributed by atoms with Crippen molar-refractivity contribution >= 4 is 0 Å². The standard InChI is InChI=1S/C13H26N2O/c16-13-7-3-1-2-6-12(13)15-10-11-5-4-8-14-9-11/h11-16H,1-10H2. The van der Waals surface area contributed by atoms with Crippen LogP contribution in [0, 0.1) is 5.92 Å². The lowest BCUT2D eigenvalue weighted by atomic mass is 9.98. The van der Waals surface area contributed by atoms with Crippen LogP contribution in [0.15, 0.2) is 0 Å². The molecule has 3 N–H and O–H groups in total. The Labute approximate surface area is 99.0 Å². The van der Waals surface area contributed by atoms with Gasteiger partial charge in [-0.3, -0.25) is 0 Å². The molecule has 16 heavy (non-hydrogen) atoms. The Bertz CT molecular complexity index is 192. The molecule has 0 bridgehead atoms. The lowest BCUT2D eigenvalue weighted by molar-refractivity contribution is 0.116. The second kappa shape index (κ2) is 6.58. The van der Waals surface area contributed by atoms with E-state index >= 15 is 0 Å². The third-order valence-corrected chi connectivity index (χ3v) is 4.05. The minimum Gasteiger partial charge on any atom is -0.392 e. The van der Waals surface area contributed by atoms with Crippen molar-refractivity contribution in [3.05, 3.63) is 0 Å². The topological polar surface area (TPSA) is 44.3 Å². The largest absolute Gasteiger partial charge is 0.392 e. The van der Waals surface area contributed by atoms with Gasteiger partial charge in [-0.1, -0.05) is 19.3 Å². The van der Waals surface area contributed by atoms with Crippen molar-refractivity contribution < 1.29 is 5.11 Å². The normalized spacial score (nSPS) is 36.9. The molecule has 1 aliphatic carbocycles. The molecule has 2 fully saturated rings. The molecule has 0 aromatic heterocycles. The molecule has 94 valence electrons. The SMILES string of the molecule is OC1CCCCCC1NCC1CCCNC1. The average molecular weight is 226 g/mol. The molecule has 3 nitrogen and oxygen atoms in total. The van der Waals surface area contributed by atoms with Crippen molar-refractivity contribution in [2.24, 2.45) is 5.92 Å². The van der Waals surface area contributed by atoms with Gasteiger partial charge >= 0.3 is 0 Å². The Hall–Kier alpha value is -0.120. The molecule has 0 amide bonds. The van der Waals surface area contributed by atoms with Gasteiger partial charge in [0.25, 0.3) is 0 Å². The van der Waals surface area contributed by atoms with Crippen molar-refractivity contribution in [3.8, 4) is 0 Å². The minimum absolute atomic E-state index is 0.112. The third-order valence-electron chi connectivity index (χ3n) is 4.05. The zero-order valence-corrected chi connectivity index (χ0v) is 10.3. The molecule has 1 aliphatic heterocycles. The summed E-state index contributed by atoms with van der Waals surface area (Å²) in [5.74, 6) is 0.768. The number of rotatable bonds is 3. The van der Waals surface area contributed by atoms with Crippen LogP contribution in [0.2, 0.25) is 0 Å². The van der Waals surface area contributed by atoms with Crippen LogP contribution < -0.4 is 10.6 Å². The summed E-state index contributed by atoms with van der Waals surface area (Å²) < 4.78 is 0. The second-order valence-corrected chi connectivity index (χ2v) is 5.43. The zero-order chi connectivity index (χ0) is 11.2. The van der Waals surface area contributed by atoms with Gasteiger partial charge in [0.05, 0.1) is 6.10 Å². The van der Waals surface area contributed by atoms with Crippen LogP contribution in [-0.4, -0.2) is 36.9 Å². The predicted octanol–water partition coefficient (Wildman–Crippen LogP) is 1.27. The van der Waals surface area contributed by atoms with Gasteiger partial charge in [-0.2, -0.15) is 0 Å². The van der Waals surface area contributed by atoms with E-state index in [1.807, 2.05) is 0 Å². The van der Waals surface area contributed by atoms with Gasteiger partial charge in [-0.05, 0) is 51.2 Å². The molecule has 1 heterocycles. The van der Waals surface area contributed by atoms with Gasteiger partial charge in [0.1, 0.15) is 0 Å². The molecular weight excluding hydrogens is 200 g/mol. The highest BCUT2D eigenvalue weighted by Gasteiger charge is 2.22. The van der Waals surface area contributed by atoms with Crippen LogP contribution in [0.4, 0.5) is 0 Å². The first-order valence-electron chi connectivity index (χ1n) is 6.98. The van der Waals surface area contributed by atoms with Gasteiger partial charge in [0.2, 0.25) is 0 Å². The Balaban J connectivity index is 1.70.